The van der Waals surface area contributed by atoms with Gasteiger partial charge in [0.25, 0.3) is 0 Å². The van der Waals surface area contributed by atoms with Crippen LogP contribution in [0.3, 0.4) is 0 Å². The van der Waals surface area contributed by atoms with E-state index >= 15 is 8.78 Å². The Kier molecular flexibility index (Phi) is 7.54. The molecule has 4 atom stereocenters. The number of carbonyl (C=O) groups excluding carboxylic acids is 2. The highest BCUT2D eigenvalue weighted by Gasteiger charge is 2.59. The first-order valence-corrected chi connectivity index (χ1v) is 12.7. The van der Waals surface area contributed by atoms with Crippen LogP contribution in [0.2, 0.25) is 10.0 Å². The van der Waals surface area contributed by atoms with E-state index in [-0.39, 0.29) is 47.7 Å². The lowest BCUT2D eigenvalue weighted by Crippen LogP contribution is -2.48. The van der Waals surface area contributed by atoms with E-state index in [1.165, 1.54) is 13.0 Å². The summed E-state index contributed by atoms with van der Waals surface area (Å²) in [6.45, 7) is -0.0214. The van der Waals surface area contributed by atoms with Crippen molar-refractivity contribution in [1.29, 1.82) is 0 Å². The molecule has 1 aromatic carbocycles. The van der Waals surface area contributed by atoms with Crippen LogP contribution in [0.15, 0.2) is 12.1 Å². The Hall–Kier alpha value is -1.65. The Morgan fingerprint density at radius 1 is 1.11 bits per heavy atom. The summed E-state index contributed by atoms with van der Waals surface area (Å²) in [6.07, 6.45) is -2.77. The summed E-state index contributed by atoms with van der Waals surface area (Å²) in [5, 5.41) is 7.91. The Bertz CT molecular complexity index is 1030. The minimum atomic E-state index is -4.46. The molecule has 2 amide bonds. The molecule has 3 aliphatic carbocycles. The maximum Gasteiger partial charge on any atom is 0.401 e. The number of halogens is 7. The van der Waals surface area contributed by atoms with E-state index < -0.39 is 65.5 Å². The van der Waals surface area contributed by atoms with E-state index in [4.69, 9.17) is 23.2 Å². The van der Waals surface area contributed by atoms with Gasteiger partial charge in [0.15, 0.2) is 0 Å². The van der Waals surface area contributed by atoms with Crippen LogP contribution in [0.5, 0.6) is 0 Å². The SMILES string of the molecule is CC(=O)N[C@H]1C[C@@H](C(=O)N[C@H](c2c(F)ccc(Cl)c2Cl)C23CCC(F)(CC2)C3)C[C@H]1NCC(F)(F)F. The molecule has 1 aromatic rings. The molecule has 0 heterocycles. The number of hydrogen-bond donors (Lipinski definition) is 3. The summed E-state index contributed by atoms with van der Waals surface area (Å²) in [5.74, 6) is -2.38. The van der Waals surface area contributed by atoms with Gasteiger partial charge in [-0.2, -0.15) is 13.2 Å². The number of amides is 2. The van der Waals surface area contributed by atoms with E-state index in [9.17, 15) is 22.8 Å². The molecule has 0 aromatic heterocycles. The van der Waals surface area contributed by atoms with Gasteiger partial charge < -0.3 is 16.0 Å². The summed E-state index contributed by atoms with van der Waals surface area (Å²) in [7, 11) is 0. The molecule has 0 spiro atoms. The van der Waals surface area contributed by atoms with Crippen molar-refractivity contribution in [3.63, 3.8) is 0 Å². The lowest BCUT2D eigenvalue weighted by Gasteiger charge is -2.38. The van der Waals surface area contributed by atoms with E-state index in [0.717, 1.165) is 6.07 Å². The monoisotopic (exact) mass is 555 g/mol. The summed E-state index contributed by atoms with van der Waals surface area (Å²) in [5.41, 5.74) is -2.16. The average molecular weight is 556 g/mol. The summed E-state index contributed by atoms with van der Waals surface area (Å²) < 4.78 is 68.6. The second-order valence-corrected chi connectivity index (χ2v) is 11.3. The first kappa shape index (κ1) is 27.4. The van der Waals surface area contributed by atoms with Crippen LogP contribution >= 0.6 is 23.2 Å². The lowest BCUT2D eigenvalue weighted by molar-refractivity contribution is -0.127. The smallest absolute Gasteiger partial charge is 0.352 e. The van der Waals surface area contributed by atoms with Gasteiger partial charge in [-0.3, -0.25) is 9.59 Å². The van der Waals surface area contributed by atoms with E-state index in [2.05, 4.69) is 16.0 Å². The number of benzene rings is 1. The number of nitrogens with one attached hydrogen (secondary N) is 3. The summed E-state index contributed by atoms with van der Waals surface area (Å²) >= 11 is 12.5. The molecule has 3 saturated carbocycles. The van der Waals surface area contributed by atoms with Gasteiger partial charge in [-0.15, -0.1) is 0 Å². The van der Waals surface area contributed by atoms with Crippen LogP contribution in [0, 0.1) is 17.2 Å². The maximum atomic E-state index is 15.1. The zero-order valence-electron chi connectivity index (χ0n) is 19.6. The molecular weight excluding hydrogens is 528 g/mol. The zero-order valence-corrected chi connectivity index (χ0v) is 21.1. The molecule has 3 fully saturated rings. The summed E-state index contributed by atoms with van der Waals surface area (Å²) in [6, 6.07) is 0.00279. The Morgan fingerprint density at radius 3 is 2.31 bits per heavy atom. The number of rotatable bonds is 7. The highest BCUT2D eigenvalue weighted by Crippen LogP contribution is 2.64. The molecule has 36 heavy (non-hydrogen) atoms. The third-order valence-electron chi connectivity index (χ3n) is 7.96. The molecular formula is C24H28Cl2F5N3O2. The molecule has 5 nitrogen and oxygen atoms in total. The van der Waals surface area contributed by atoms with Crippen molar-refractivity contribution in [3.05, 3.63) is 33.6 Å². The van der Waals surface area contributed by atoms with Crippen molar-refractivity contribution in [2.24, 2.45) is 11.3 Å². The van der Waals surface area contributed by atoms with Gasteiger partial charge in [0, 0.05) is 30.5 Å². The van der Waals surface area contributed by atoms with Gasteiger partial charge in [0.1, 0.15) is 11.5 Å². The predicted octanol–water partition coefficient (Wildman–Crippen LogP) is 5.40. The molecule has 0 unspecified atom stereocenters. The van der Waals surface area contributed by atoms with Gasteiger partial charge in [0.05, 0.1) is 22.6 Å². The third-order valence-corrected chi connectivity index (χ3v) is 8.78. The van der Waals surface area contributed by atoms with Crippen LogP contribution in [0.25, 0.3) is 0 Å². The molecule has 0 saturated heterocycles. The molecule has 3 aliphatic rings. The van der Waals surface area contributed by atoms with E-state index in [1.807, 2.05) is 0 Å². The van der Waals surface area contributed by atoms with Crippen molar-refractivity contribution >= 4 is 35.0 Å². The minimum absolute atomic E-state index is 0.00757. The van der Waals surface area contributed by atoms with E-state index in [0.29, 0.717) is 12.8 Å². The van der Waals surface area contributed by atoms with Gasteiger partial charge >= 0.3 is 6.18 Å². The largest absolute Gasteiger partial charge is 0.401 e. The third kappa shape index (κ3) is 5.60. The Labute approximate surface area is 215 Å². The molecule has 12 heteroatoms. The normalized spacial score (nSPS) is 32.5. The first-order valence-electron chi connectivity index (χ1n) is 11.9. The highest BCUT2D eigenvalue weighted by molar-refractivity contribution is 6.42. The molecule has 3 N–H and O–H groups in total. The van der Waals surface area contributed by atoms with Gasteiger partial charge in [-0.05, 0) is 62.5 Å². The fourth-order valence-electron chi connectivity index (χ4n) is 6.32. The summed E-state index contributed by atoms with van der Waals surface area (Å²) in [4.78, 5) is 25.1. The number of hydrogen-bond acceptors (Lipinski definition) is 3. The number of carbonyl (C=O) groups is 2. The lowest BCUT2D eigenvalue weighted by atomic mass is 9.74. The maximum absolute atomic E-state index is 15.1. The molecule has 0 aliphatic heterocycles. The number of alkyl halides is 4. The van der Waals surface area contributed by atoms with Crippen LogP contribution in [0.1, 0.15) is 63.5 Å². The van der Waals surface area contributed by atoms with Gasteiger partial charge in [0.2, 0.25) is 11.8 Å². The fourth-order valence-corrected chi connectivity index (χ4v) is 6.74. The molecule has 4 rings (SSSR count). The van der Waals surface area contributed by atoms with Crippen LogP contribution < -0.4 is 16.0 Å². The quantitative estimate of drug-likeness (QED) is 0.312. The molecule has 200 valence electrons. The van der Waals surface area contributed by atoms with Crippen LogP contribution in [-0.2, 0) is 9.59 Å². The molecule has 2 bridgehead atoms. The highest BCUT2D eigenvalue weighted by atomic mass is 35.5. The van der Waals surface area contributed by atoms with Gasteiger partial charge in [-0.1, -0.05) is 23.2 Å². The van der Waals surface area contributed by atoms with Crippen LogP contribution in [-0.4, -0.2) is 42.3 Å². The Morgan fingerprint density at radius 2 is 1.75 bits per heavy atom. The Balaban J connectivity index is 1.59. The standard InChI is InChI=1S/C24H28Cl2F5N3O2/c1-12(35)33-17-9-13(8-16(17)32-11-24(29,30)31)21(36)34-20(18-15(27)3-2-14(25)19(18)26)22-4-6-23(28,10-22)7-5-22/h2-3,13,16-17,20,32H,4-11H2,1H3,(H,33,35)(H,34,36)/t13-,16+,17-,20+,22?,23?/m0/s1. The minimum Gasteiger partial charge on any atom is -0.352 e. The van der Waals surface area contributed by atoms with Crippen molar-refractivity contribution in [2.75, 3.05) is 6.54 Å². The molecule has 0 radical (unpaired) electrons. The zero-order chi connectivity index (χ0) is 26.5. The first-order chi connectivity index (χ1) is 16.7. The second kappa shape index (κ2) is 9.91. The van der Waals surface area contributed by atoms with Crippen LogP contribution in [0.4, 0.5) is 22.0 Å². The average Bonchev–Trinajstić information content (AvgIpc) is 3.44. The van der Waals surface area contributed by atoms with Crippen molar-refractivity contribution in [1.82, 2.24) is 16.0 Å². The number of fused-ring (bicyclic) bond motifs is 2. The van der Waals surface area contributed by atoms with E-state index in [1.54, 1.807) is 0 Å². The van der Waals surface area contributed by atoms with Crippen molar-refractivity contribution in [2.45, 2.75) is 81.8 Å². The fraction of sp³-hybridized carbons (Fsp3) is 0.667. The topological polar surface area (TPSA) is 70.2 Å². The predicted molar refractivity (Wildman–Crippen MR) is 125 cm³/mol. The van der Waals surface area contributed by atoms with Crippen molar-refractivity contribution in [3.8, 4) is 0 Å². The van der Waals surface area contributed by atoms with Gasteiger partial charge in [-0.25, -0.2) is 8.78 Å². The second-order valence-electron chi connectivity index (χ2n) is 10.5. The van der Waals surface area contributed by atoms with Crippen molar-refractivity contribution < 1.29 is 31.5 Å².